The first-order valence-electron chi connectivity index (χ1n) is 7.76. The van der Waals surface area contributed by atoms with Gasteiger partial charge in [-0.3, -0.25) is 10.1 Å². The van der Waals surface area contributed by atoms with Crippen LogP contribution in [0.25, 0.3) is 0 Å². The van der Waals surface area contributed by atoms with Crippen LogP contribution in [0.15, 0.2) is 18.2 Å². The van der Waals surface area contributed by atoms with E-state index >= 15 is 0 Å². The number of esters is 1. The molecule has 0 aliphatic heterocycles. The number of rotatable bonds is 6. The first-order valence-corrected chi connectivity index (χ1v) is 7.76. The molecule has 1 rings (SSSR count). The number of nitrogens with one attached hydrogen (secondary N) is 2. The fourth-order valence-corrected chi connectivity index (χ4v) is 1.82. The van der Waals surface area contributed by atoms with E-state index in [1.807, 2.05) is 0 Å². The summed E-state index contributed by atoms with van der Waals surface area (Å²) < 4.78 is 15.4. The lowest BCUT2D eigenvalue weighted by Gasteiger charge is -2.20. The number of urea groups is 1. The number of amides is 3. The molecule has 0 fully saturated rings. The molecule has 138 valence electrons. The maximum atomic E-state index is 12.0. The summed E-state index contributed by atoms with van der Waals surface area (Å²) in [5.41, 5.74) is -0.281. The molecule has 0 saturated heterocycles. The molecule has 25 heavy (non-hydrogen) atoms. The smallest absolute Gasteiger partial charge is 0.338 e. The highest BCUT2D eigenvalue weighted by Gasteiger charge is 2.17. The third-order valence-electron chi connectivity index (χ3n) is 2.78. The summed E-state index contributed by atoms with van der Waals surface area (Å²) in [5.74, 6) is -0.563. The predicted molar refractivity (Wildman–Crippen MR) is 90.9 cm³/mol. The van der Waals surface area contributed by atoms with Crippen molar-refractivity contribution in [2.24, 2.45) is 0 Å². The number of imide groups is 1. The van der Waals surface area contributed by atoms with Crippen molar-refractivity contribution in [3.8, 4) is 11.5 Å². The van der Waals surface area contributed by atoms with Crippen LogP contribution in [-0.2, 0) is 9.53 Å². The summed E-state index contributed by atoms with van der Waals surface area (Å²) >= 11 is 0. The van der Waals surface area contributed by atoms with Gasteiger partial charge in [-0.05, 0) is 45.9 Å². The summed E-state index contributed by atoms with van der Waals surface area (Å²) in [5, 5.41) is 4.64. The lowest BCUT2D eigenvalue weighted by atomic mass is 10.1. The van der Waals surface area contributed by atoms with Gasteiger partial charge in [0.15, 0.2) is 18.1 Å². The molecule has 0 bridgehead atoms. The average Bonchev–Trinajstić information content (AvgIpc) is 2.51. The molecule has 0 atom stereocenters. The van der Waals surface area contributed by atoms with Crippen molar-refractivity contribution in [3.63, 3.8) is 0 Å². The van der Waals surface area contributed by atoms with Gasteiger partial charge in [0.1, 0.15) is 0 Å². The van der Waals surface area contributed by atoms with E-state index in [9.17, 15) is 14.4 Å². The highest BCUT2D eigenvalue weighted by atomic mass is 16.5. The van der Waals surface area contributed by atoms with E-state index < -0.39 is 30.1 Å². The summed E-state index contributed by atoms with van der Waals surface area (Å²) in [7, 11) is 1.49. The zero-order valence-electron chi connectivity index (χ0n) is 15.1. The van der Waals surface area contributed by atoms with E-state index in [1.54, 1.807) is 33.8 Å². The number of hydrogen-bond donors (Lipinski definition) is 2. The predicted octanol–water partition coefficient (Wildman–Crippen LogP) is 1.87. The fourth-order valence-electron chi connectivity index (χ4n) is 1.82. The van der Waals surface area contributed by atoms with Crippen LogP contribution in [0.5, 0.6) is 11.5 Å². The van der Waals surface area contributed by atoms with Gasteiger partial charge >= 0.3 is 12.0 Å². The van der Waals surface area contributed by atoms with Gasteiger partial charge in [-0.1, -0.05) is 0 Å². The molecule has 3 amide bonds. The molecular formula is C17H24N2O6. The number of methoxy groups -OCH3 is 1. The number of carbonyl (C=O) groups is 3. The largest absolute Gasteiger partial charge is 0.493 e. The number of carbonyl (C=O) groups excluding carboxylic acids is 3. The Balaban J connectivity index is 2.60. The van der Waals surface area contributed by atoms with Crippen molar-refractivity contribution < 1.29 is 28.6 Å². The van der Waals surface area contributed by atoms with Crippen LogP contribution in [0.1, 0.15) is 38.1 Å². The van der Waals surface area contributed by atoms with Gasteiger partial charge in [-0.2, -0.15) is 0 Å². The first kappa shape index (κ1) is 20.3. The van der Waals surface area contributed by atoms with Crippen LogP contribution in [0.4, 0.5) is 4.79 Å². The minimum absolute atomic E-state index is 0.205. The van der Waals surface area contributed by atoms with E-state index in [1.165, 1.54) is 19.2 Å². The van der Waals surface area contributed by atoms with Crippen molar-refractivity contribution >= 4 is 17.9 Å². The first-order chi connectivity index (χ1) is 11.7. The second-order valence-corrected chi connectivity index (χ2v) is 6.13. The molecular weight excluding hydrogens is 328 g/mol. The van der Waals surface area contributed by atoms with Gasteiger partial charge in [0, 0.05) is 5.54 Å². The number of hydrogen-bond acceptors (Lipinski definition) is 6. The van der Waals surface area contributed by atoms with Crippen molar-refractivity contribution in [2.75, 3.05) is 20.3 Å². The lowest BCUT2D eigenvalue weighted by molar-refractivity contribution is -0.123. The van der Waals surface area contributed by atoms with Gasteiger partial charge in [-0.25, -0.2) is 9.59 Å². The fraction of sp³-hybridized carbons (Fsp3) is 0.471. The topological polar surface area (TPSA) is 103 Å². The molecule has 1 aromatic carbocycles. The molecule has 8 heteroatoms. The summed E-state index contributed by atoms with van der Waals surface area (Å²) in [4.78, 5) is 35.2. The van der Waals surface area contributed by atoms with Crippen molar-refractivity contribution in [1.29, 1.82) is 0 Å². The second kappa shape index (κ2) is 8.91. The van der Waals surface area contributed by atoms with E-state index in [4.69, 9.17) is 14.2 Å². The Labute approximate surface area is 146 Å². The Bertz CT molecular complexity index is 637. The maximum absolute atomic E-state index is 12.0. The monoisotopic (exact) mass is 352 g/mol. The Morgan fingerprint density at radius 2 is 1.80 bits per heavy atom. The minimum Gasteiger partial charge on any atom is -0.493 e. The van der Waals surface area contributed by atoms with Crippen molar-refractivity contribution in [1.82, 2.24) is 10.6 Å². The molecule has 0 spiro atoms. The average molecular weight is 352 g/mol. The second-order valence-electron chi connectivity index (χ2n) is 6.13. The molecule has 2 N–H and O–H groups in total. The van der Waals surface area contributed by atoms with E-state index in [2.05, 4.69) is 10.6 Å². The molecule has 1 aromatic rings. The quantitative estimate of drug-likeness (QED) is 0.758. The summed E-state index contributed by atoms with van der Waals surface area (Å²) in [6.45, 7) is 6.95. The van der Waals surface area contributed by atoms with E-state index in [-0.39, 0.29) is 5.56 Å². The van der Waals surface area contributed by atoms with Crippen LogP contribution < -0.4 is 20.1 Å². The molecule has 0 heterocycles. The van der Waals surface area contributed by atoms with Gasteiger partial charge in [0.05, 0.1) is 19.3 Å². The SMILES string of the molecule is CCOc1cc(C(=O)OCC(=O)NC(=O)NC(C)(C)C)ccc1OC. The van der Waals surface area contributed by atoms with Crippen LogP contribution in [0, 0.1) is 0 Å². The normalized spacial score (nSPS) is 10.6. The minimum atomic E-state index is -0.728. The zero-order valence-corrected chi connectivity index (χ0v) is 15.1. The van der Waals surface area contributed by atoms with Crippen LogP contribution in [0.2, 0.25) is 0 Å². The third-order valence-corrected chi connectivity index (χ3v) is 2.78. The van der Waals surface area contributed by atoms with Gasteiger partial charge in [0.2, 0.25) is 0 Å². The maximum Gasteiger partial charge on any atom is 0.338 e. The van der Waals surface area contributed by atoms with Crippen LogP contribution >= 0.6 is 0 Å². The number of ether oxygens (including phenoxy) is 3. The number of benzene rings is 1. The van der Waals surface area contributed by atoms with Gasteiger partial charge in [0.25, 0.3) is 5.91 Å². The highest BCUT2D eigenvalue weighted by molar-refractivity contribution is 5.97. The van der Waals surface area contributed by atoms with E-state index in [0.717, 1.165) is 0 Å². The Morgan fingerprint density at radius 3 is 2.36 bits per heavy atom. The lowest BCUT2D eigenvalue weighted by Crippen LogP contribution is -2.49. The molecule has 0 aliphatic rings. The zero-order chi connectivity index (χ0) is 19.0. The molecule has 0 saturated carbocycles. The van der Waals surface area contributed by atoms with Gasteiger partial charge < -0.3 is 19.5 Å². The van der Waals surface area contributed by atoms with Crippen molar-refractivity contribution in [3.05, 3.63) is 23.8 Å². The summed E-state index contributed by atoms with van der Waals surface area (Å²) in [6.07, 6.45) is 0. The Hall–Kier alpha value is -2.77. The van der Waals surface area contributed by atoms with Crippen molar-refractivity contribution in [2.45, 2.75) is 33.2 Å². The molecule has 0 aliphatic carbocycles. The third kappa shape index (κ3) is 7.11. The van der Waals surface area contributed by atoms with Crippen LogP contribution in [0.3, 0.4) is 0 Å². The van der Waals surface area contributed by atoms with Gasteiger partial charge in [-0.15, -0.1) is 0 Å². The van der Waals surface area contributed by atoms with E-state index in [0.29, 0.717) is 18.1 Å². The molecule has 0 radical (unpaired) electrons. The molecule has 0 aromatic heterocycles. The molecule has 0 unspecified atom stereocenters. The standard InChI is InChI=1S/C17H24N2O6/c1-6-24-13-9-11(7-8-12(13)23-5)15(21)25-10-14(20)18-16(22)19-17(2,3)4/h7-9H,6,10H2,1-5H3,(H2,18,19,20,22). The highest BCUT2D eigenvalue weighted by Crippen LogP contribution is 2.28. The Kier molecular flexibility index (Phi) is 7.22. The summed E-state index contributed by atoms with van der Waals surface area (Å²) in [6, 6.07) is 3.87. The molecule has 8 nitrogen and oxygen atoms in total. The van der Waals surface area contributed by atoms with Crippen LogP contribution in [-0.4, -0.2) is 43.8 Å². The Morgan fingerprint density at radius 1 is 1.12 bits per heavy atom.